The van der Waals surface area contributed by atoms with Crippen molar-refractivity contribution in [2.75, 3.05) is 19.7 Å². The van der Waals surface area contributed by atoms with Crippen LogP contribution < -0.4 is 0 Å². The van der Waals surface area contributed by atoms with E-state index in [9.17, 15) is 14.4 Å². The van der Waals surface area contributed by atoms with Crippen LogP contribution in [0.2, 0.25) is 0 Å². The number of piperidine rings is 1. The molecule has 0 N–H and O–H groups in total. The Morgan fingerprint density at radius 2 is 2.00 bits per heavy atom. The lowest BCUT2D eigenvalue weighted by Crippen LogP contribution is -2.48. The summed E-state index contributed by atoms with van der Waals surface area (Å²) in [6.45, 7) is 7.37. The van der Waals surface area contributed by atoms with Crippen molar-refractivity contribution in [3.63, 3.8) is 0 Å². The van der Waals surface area contributed by atoms with Gasteiger partial charge in [-0.2, -0.15) is 0 Å². The van der Waals surface area contributed by atoms with Crippen molar-refractivity contribution in [2.45, 2.75) is 39.7 Å². The van der Waals surface area contributed by atoms with Gasteiger partial charge in [0.15, 0.2) is 5.78 Å². The highest BCUT2D eigenvalue weighted by Crippen LogP contribution is 2.18. The van der Waals surface area contributed by atoms with Crippen molar-refractivity contribution < 1.29 is 23.9 Å². The Morgan fingerprint density at radius 3 is 2.53 bits per heavy atom. The monoisotopic (exact) mass is 271 g/mol. The zero-order valence-electron chi connectivity index (χ0n) is 11.9. The van der Waals surface area contributed by atoms with Gasteiger partial charge in [-0.25, -0.2) is 4.79 Å². The normalized spacial score (nSPS) is 20.1. The number of amides is 1. The lowest BCUT2D eigenvalue weighted by atomic mass is 9.97. The van der Waals surface area contributed by atoms with Crippen molar-refractivity contribution in [1.82, 2.24) is 4.90 Å². The highest BCUT2D eigenvalue weighted by molar-refractivity contribution is 5.90. The first-order valence-corrected chi connectivity index (χ1v) is 6.39. The van der Waals surface area contributed by atoms with Gasteiger partial charge in [0.25, 0.3) is 0 Å². The van der Waals surface area contributed by atoms with E-state index in [1.165, 1.54) is 4.90 Å². The van der Waals surface area contributed by atoms with Crippen LogP contribution >= 0.6 is 0 Å². The van der Waals surface area contributed by atoms with E-state index in [4.69, 9.17) is 9.47 Å². The fourth-order valence-electron chi connectivity index (χ4n) is 1.83. The van der Waals surface area contributed by atoms with Crippen molar-refractivity contribution in [2.24, 2.45) is 5.92 Å². The molecule has 1 aliphatic heterocycles. The minimum Gasteiger partial charge on any atom is -0.466 e. The molecule has 0 saturated carbocycles. The van der Waals surface area contributed by atoms with Gasteiger partial charge in [-0.3, -0.25) is 14.5 Å². The lowest BCUT2D eigenvalue weighted by molar-refractivity contribution is -0.152. The maximum Gasteiger partial charge on any atom is 0.410 e. The van der Waals surface area contributed by atoms with Crippen LogP contribution in [0, 0.1) is 5.92 Å². The standard InChI is InChI=1S/C13H21NO5/c1-5-18-11(16)9-6-10(15)8-14(7-9)12(17)19-13(2,3)4/h9H,5-8H2,1-4H3/t9-/m0/s1. The fraction of sp³-hybridized carbons (Fsp3) is 0.769. The molecule has 0 spiro atoms. The number of nitrogens with zero attached hydrogens (tertiary/aromatic N) is 1. The molecular weight excluding hydrogens is 250 g/mol. The molecule has 0 unspecified atom stereocenters. The van der Waals surface area contributed by atoms with Gasteiger partial charge in [-0.1, -0.05) is 0 Å². The molecule has 1 fully saturated rings. The van der Waals surface area contributed by atoms with Gasteiger partial charge in [0.05, 0.1) is 19.1 Å². The van der Waals surface area contributed by atoms with E-state index in [1.807, 2.05) is 0 Å². The highest BCUT2D eigenvalue weighted by atomic mass is 16.6. The van der Waals surface area contributed by atoms with Crippen molar-refractivity contribution >= 4 is 17.8 Å². The average Bonchev–Trinajstić information content (AvgIpc) is 2.26. The van der Waals surface area contributed by atoms with E-state index in [-0.39, 0.29) is 31.9 Å². The van der Waals surface area contributed by atoms with E-state index in [0.29, 0.717) is 0 Å². The minimum atomic E-state index is -0.628. The molecule has 108 valence electrons. The largest absolute Gasteiger partial charge is 0.466 e. The third kappa shape index (κ3) is 4.89. The summed E-state index contributed by atoms with van der Waals surface area (Å²) in [6.07, 6.45) is -0.451. The van der Waals surface area contributed by atoms with Crippen LogP contribution in [0.1, 0.15) is 34.1 Å². The molecule has 1 saturated heterocycles. The first-order chi connectivity index (χ1) is 8.73. The van der Waals surface area contributed by atoms with E-state index >= 15 is 0 Å². The zero-order chi connectivity index (χ0) is 14.6. The van der Waals surface area contributed by atoms with Crippen LogP contribution in [0.3, 0.4) is 0 Å². The van der Waals surface area contributed by atoms with Gasteiger partial charge in [0, 0.05) is 13.0 Å². The molecule has 0 aromatic carbocycles. The van der Waals surface area contributed by atoms with Crippen LogP contribution in [-0.2, 0) is 19.1 Å². The summed E-state index contributed by atoms with van der Waals surface area (Å²) >= 11 is 0. The molecule has 19 heavy (non-hydrogen) atoms. The molecule has 0 aromatic heterocycles. The number of ether oxygens (including phenoxy) is 2. The summed E-state index contributed by atoms with van der Waals surface area (Å²) in [4.78, 5) is 36.4. The Kier molecular flexibility index (Phi) is 4.91. The SMILES string of the molecule is CCOC(=O)[C@H]1CC(=O)CN(C(=O)OC(C)(C)C)C1. The molecule has 6 nitrogen and oxygen atoms in total. The second-order valence-electron chi connectivity index (χ2n) is 5.55. The molecule has 1 amide bonds. The number of Topliss-reactive ketones (excluding diaryl/α,β-unsaturated/α-hetero) is 1. The fourth-order valence-corrected chi connectivity index (χ4v) is 1.83. The summed E-state index contributed by atoms with van der Waals surface area (Å²) in [7, 11) is 0. The van der Waals surface area contributed by atoms with Crippen molar-refractivity contribution in [1.29, 1.82) is 0 Å². The van der Waals surface area contributed by atoms with Gasteiger partial charge >= 0.3 is 12.1 Å². The number of hydrogen-bond acceptors (Lipinski definition) is 5. The van der Waals surface area contributed by atoms with E-state index in [0.717, 1.165) is 0 Å². The molecule has 1 aliphatic rings. The first-order valence-electron chi connectivity index (χ1n) is 6.39. The number of esters is 1. The van der Waals surface area contributed by atoms with Gasteiger partial charge in [-0.05, 0) is 27.7 Å². The summed E-state index contributed by atoms with van der Waals surface area (Å²) < 4.78 is 10.1. The topological polar surface area (TPSA) is 72.9 Å². The Balaban J connectivity index is 2.67. The quantitative estimate of drug-likeness (QED) is 0.709. The number of ketones is 1. The minimum absolute atomic E-state index is 0.00911. The number of carbonyl (C=O) groups is 3. The number of hydrogen-bond donors (Lipinski definition) is 0. The third-order valence-corrected chi connectivity index (χ3v) is 2.55. The lowest BCUT2D eigenvalue weighted by Gasteiger charge is -2.32. The van der Waals surface area contributed by atoms with Gasteiger partial charge in [-0.15, -0.1) is 0 Å². The summed E-state index contributed by atoms with van der Waals surface area (Å²) in [5.41, 5.74) is -0.628. The summed E-state index contributed by atoms with van der Waals surface area (Å²) in [5.74, 6) is -1.19. The molecule has 1 heterocycles. The van der Waals surface area contributed by atoms with Gasteiger partial charge < -0.3 is 9.47 Å². The molecule has 0 aliphatic carbocycles. The molecule has 0 radical (unpaired) electrons. The predicted octanol–water partition coefficient (Wildman–Crippen LogP) is 1.38. The summed E-state index contributed by atoms with van der Waals surface area (Å²) in [5, 5.41) is 0. The number of likely N-dealkylation sites (tertiary alicyclic amines) is 1. The molecular formula is C13H21NO5. The highest BCUT2D eigenvalue weighted by Gasteiger charge is 2.35. The van der Waals surface area contributed by atoms with Crippen LogP contribution in [0.15, 0.2) is 0 Å². The number of carbonyl (C=O) groups excluding carboxylic acids is 3. The predicted molar refractivity (Wildman–Crippen MR) is 67.6 cm³/mol. The Labute approximate surface area is 113 Å². The second kappa shape index (κ2) is 6.04. The molecule has 6 heteroatoms. The van der Waals surface area contributed by atoms with E-state index in [2.05, 4.69) is 0 Å². The maximum atomic E-state index is 11.9. The van der Waals surface area contributed by atoms with Crippen LogP contribution in [0.4, 0.5) is 4.79 Å². The van der Waals surface area contributed by atoms with Crippen LogP contribution in [-0.4, -0.2) is 48.0 Å². The van der Waals surface area contributed by atoms with E-state index in [1.54, 1.807) is 27.7 Å². The summed E-state index contributed by atoms with van der Waals surface area (Å²) in [6, 6.07) is 0. The molecule has 0 bridgehead atoms. The van der Waals surface area contributed by atoms with Gasteiger partial charge in [0.1, 0.15) is 5.60 Å². The van der Waals surface area contributed by atoms with Gasteiger partial charge in [0.2, 0.25) is 0 Å². The van der Waals surface area contributed by atoms with Crippen molar-refractivity contribution in [3.05, 3.63) is 0 Å². The van der Waals surface area contributed by atoms with Crippen molar-refractivity contribution in [3.8, 4) is 0 Å². The molecule has 1 rings (SSSR count). The smallest absolute Gasteiger partial charge is 0.410 e. The van der Waals surface area contributed by atoms with Crippen LogP contribution in [0.5, 0.6) is 0 Å². The zero-order valence-corrected chi connectivity index (χ0v) is 11.9. The second-order valence-corrected chi connectivity index (χ2v) is 5.55. The Hall–Kier alpha value is -1.59. The average molecular weight is 271 g/mol. The first kappa shape index (κ1) is 15.5. The van der Waals surface area contributed by atoms with Crippen LogP contribution in [0.25, 0.3) is 0 Å². The molecule has 0 aromatic rings. The Bertz CT molecular complexity index is 372. The van der Waals surface area contributed by atoms with E-state index < -0.39 is 23.6 Å². The maximum absolute atomic E-state index is 11.9. The Morgan fingerprint density at radius 1 is 1.37 bits per heavy atom. The third-order valence-electron chi connectivity index (χ3n) is 2.55. The molecule has 1 atom stereocenters. The number of rotatable bonds is 2.